The van der Waals surface area contributed by atoms with Gasteiger partial charge in [-0.1, -0.05) is 40.9 Å². The number of carbonyl (C=O) groups excluding carboxylic acids is 1. The molecule has 0 aromatic heterocycles. The standard InChI is InChI=1S/C14H17BrClNO/c1-9-6-7-10(8-12(9)15)13(16)14(18)17-11-4-2-3-5-11/h6-8,11,13H,2-5H2,1H3,(H,17,18). The Bertz CT molecular complexity index is 443. The van der Waals surface area contributed by atoms with Gasteiger partial charge in [0.1, 0.15) is 5.38 Å². The van der Waals surface area contributed by atoms with Crippen molar-refractivity contribution in [3.8, 4) is 0 Å². The van der Waals surface area contributed by atoms with Crippen LogP contribution in [-0.2, 0) is 4.79 Å². The predicted molar refractivity (Wildman–Crippen MR) is 77.9 cm³/mol. The minimum atomic E-state index is -0.609. The Morgan fingerprint density at radius 1 is 1.44 bits per heavy atom. The lowest BCUT2D eigenvalue weighted by Gasteiger charge is -2.16. The van der Waals surface area contributed by atoms with Crippen molar-refractivity contribution in [3.63, 3.8) is 0 Å². The molecule has 0 aliphatic heterocycles. The normalized spacial score (nSPS) is 17.7. The number of alkyl halides is 1. The van der Waals surface area contributed by atoms with Crippen LogP contribution in [-0.4, -0.2) is 11.9 Å². The van der Waals surface area contributed by atoms with Crippen LogP contribution in [0.25, 0.3) is 0 Å². The molecule has 0 saturated heterocycles. The van der Waals surface area contributed by atoms with E-state index in [-0.39, 0.29) is 5.91 Å². The first-order valence-electron chi connectivity index (χ1n) is 6.28. The molecule has 2 nitrogen and oxygen atoms in total. The molecule has 0 heterocycles. The van der Waals surface area contributed by atoms with E-state index in [1.54, 1.807) is 0 Å². The first-order chi connectivity index (χ1) is 8.58. The molecule has 1 unspecified atom stereocenters. The Morgan fingerprint density at radius 3 is 2.72 bits per heavy atom. The van der Waals surface area contributed by atoms with Gasteiger partial charge in [-0.15, -0.1) is 11.6 Å². The number of benzene rings is 1. The van der Waals surface area contributed by atoms with Gasteiger partial charge in [0.15, 0.2) is 0 Å². The molecule has 1 aromatic rings. The molecule has 1 aromatic carbocycles. The SMILES string of the molecule is Cc1ccc(C(Cl)C(=O)NC2CCCC2)cc1Br. The smallest absolute Gasteiger partial charge is 0.242 e. The highest BCUT2D eigenvalue weighted by molar-refractivity contribution is 9.10. The van der Waals surface area contributed by atoms with E-state index >= 15 is 0 Å². The molecule has 0 radical (unpaired) electrons. The monoisotopic (exact) mass is 329 g/mol. The maximum atomic E-state index is 12.0. The molecular formula is C14H17BrClNO. The predicted octanol–water partition coefficient (Wildman–Crippen LogP) is 4.10. The van der Waals surface area contributed by atoms with E-state index in [1.165, 1.54) is 12.8 Å². The van der Waals surface area contributed by atoms with Crippen LogP contribution in [0.1, 0.15) is 42.2 Å². The molecule has 18 heavy (non-hydrogen) atoms. The molecule has 1 N–H and O–H groups in total. The molecule has 0 spiro atoms. The first kappa shape index (κ1) is 13.9. The fraction of sp³-hybridized carbons (Fsp3) is 0.500. The molecular weight excluding hydrogens is 314 g/mol. The van der Waals surface area contributed by atoms with Gasteiger partial charge < -0.3 is 5.32 Å². The van der Waals surface area contributed by atoms with Gasteiger partial charge in [-0.2, -0.15) is 0 Å². The fourth-order valence-electron chi connectivity index (χ4n) is 2.26. The second-order valence-electron chi connectivity index (χ2n) is 4.86. The molecule has 1 fully saturated rings. The number of rotatable bonds is 3. The van der Waals surface area contributed by atoms with Gasteiger partial charge in [0.05, 0.1) is 0 Å². The Balaban J connectivity index is 2.02. The summed E-state index contributed by atoms with van der Waals surface area (Å²) in [6, 6.07) is 6.11. The topological polar surface area (TPSA) is 29.1 Å². The van der Waals surface area contributed by atoms with Crippen LogP contribution in [0.4, 0.5) is 0 Å². The van der Waals surface area contributed by atoms with Crippen molar-refractivity contribution in [1.82, 2.24) is 5.32 Å². The van der Waals surface area contributed by atoms with E-state index in [4.69, 9.17) is 11.6 Å². The largest absolute Gasteiger partial charge is 0.352 e. The lowest BCUT2D eigenvalue weighted by Crippen LogP contribution is -2.34. The van der Waals surface area contributed by atoms with Crippen molar-refractivity contribution in [2.24, 2.45) is 0 Å². The van der Waals surface area contributed by atoms with Crippen molar-refractivity contribution in [2.75, 3.05) is 0 Å². The highest BCUT2D eigenvalue weighted by Crippen LogP contribution is 2.27. The van der Waals surface area contributed by atoms with Crippen molar-refractivity contribution < 1.29 is 4.79 Å². The maximum absolute atomic E-state index is 12.0. The summed E-state index contributed by atoms with van der Waals surface area (Å²) in [5.41, 5.74) is 1.98. The third kappa shape index (κ3) is 3.27. The van der Waals surface area contributed by atoms with E-state index < -0.39 is 5.38 Å². The van der Waals surface area contributed by atoms with E-state index in [9.17, 15) is 4.79 Å². The summed E-state index contributed by atoms with van der Waals surface area (Å²) in [5.74, 6) is -0.0840. The zero-order chi connectivity index (χ0) is 13.1. The van der Waals surface area contributed by atoms with Crippen LogP contribution in [0.5, 0.6) is 0 Å². The van der Waals surface area contributed by atoms with E-state index in [2.05, 4.69) is 21.2 Å². The second kappa shape index (κ2) is 6.07. The summed E-state index contributed by atoms with van der Waals surface area (Å²) < 4.78 is 0.985. The molecule has 0 bridgehead atoms. The van der Waals surface area contributed by atoms with Crippen LogP contribution in [0.15, 0.2) is 22.7 Å². The van der Waals surface area contributed by atoms with Crippen LogP contribution in [0.2, 0.25) is 0 Å². The number of hydrogen-bond donors (Lipinski definition) is 1. The first-order valence-corrected chi connectivity index (χ1v) is 7.51. The number of hydrogen-bond acceptors (Lipinski definition) is 1. The molecule has 2 rings (SSSR count). The average Bonchev–Trinajstić information content (AvgIpc) is 2.84. The van der Waals surface area contributed by atoms with Crippen LogP contribution in [0.3, 0.4) is 0 Å². The molecule has 1 saturated carbocycles. The minimum absolute atomic E-state index is 0.0840. The van der Waals surface area contributed by atoms with Crippen LogP contribution in [0, 0.1) is 6.92 Å². The van der Waals surface area contributed by atoms with Gasteiger partial charge in [-0.25, -0.2) is 0 Å². The summed E-state index contributed by atoms with van der Waals surface area (Å²) in [6.45, 7) is 2.01. The fourth-order valence-corrected chi connectivity index (χ4v) is 2.86. The van der Waals surface area contributed by atoms with Crippen molar-refractivity contribution in [3.05, 3.63) is 33.8 Å². The van der Waals surface area contributed by atoms with Gasteiger partial charge in [0.25, 0.3) is 0 Å². The summed E-state index contributed by atoms with van der Waals surface area (Å²) in [4.78, 5) is 12.0. The zero-order valence-electron chi connectivity index (χ0n) is 10.4. The quantitative estimate of drug-likeness (QED) is 0.831. The Kier molecular flexibility index (Phi) is 4.68. The van der Waals surface area contributed by atoms with E-state index in [1.807, 2.05) is 25.1 Å². The lowest BCUT2D eigenvalue weighted by atomic mass is 10.1. The van der Waals surface area contributed by atoms with Gasteiger partial charge in [0, 0.05) is 10.5 Å². The number of aryl methyl sites for hydroxylation is 1. The minimum Gasteiger partial charge on any atom is -0.352 e. The molecule has 1 atom stereocenters. The number of nitrogens with one attached hydrogen (secondary N) is 1. The van der Waals surface area contributed by atoms with Crippen LogP contribution < -0.4 is 5.32 Å². The van der Waals surface area contributed by atoms with Crippen molar-refractivity contribution in [2.45, 2.75) is 44.0 Å². The molecule has 1 amide bonds. The summed E-state index contributed by atoms with van der Waals surface area (Å²) in [6.07, 6.45) is 4.56. The molecule has 98 valence electrons. The number of amides is 1. The van der Waals surface area contributed by atoms with E-state index in [0.29, 0.717) is 6.04 Å². The lowest BCUT2D eigenvalue weighted by molar-refractivity contribution is -0.121. The highest BCUT2D eigenvalue weighted by atomic mass is 79.9. The van der Waals surface area contributed by atoms with Gasteiger partial charge in [0.2, 0.25) is 5.91 Å². The Labute approximate surface area is 121 Å². The summed E-state index contributed by atoms with van der Waals surface area (Å²) in [7, 11) is 0. The van der Waals surface area contributed by atoms with Gasteiger partial charge in [-0.3, -0.25) is 4.79 Å². The van der Waals surface area contributed by atoms with Gasteiger partial charge >= 0.3 is 0 Å². The Hall–Kier alpha value is -0.540. The third-order valence-corrected chi connectivity index (χ3v) is 4.72. The summed E-state index contributed by atoms with van der Waals surface area (Å²) in [5, 5.41) is 2.42. The summed E-state index contributed by atoms with van der Waals surface area (Å²) >= 11 is 9.69. The number of halogens is 2. The molecule has 4 heteroatoms. The van der Waals surface area contributed by atoms with Crippen molar-refractivity contribution >= 4 is 33.4 Å². The molecule has 1 aliphatic rings. The number of carbonyl (C=O) groups is 1. The maximum Gasteiger partial charge on any atom is 0.242 e. The van der Waals surface area contributed by atoms with Crippen LogP contribution >= 0.6 is 27.5 Å². The average molecular weight is 331 g/mol. The zero-order valence-corrected chi connectivity index (χ0v) is 12.7. The molecule has 1 aliphatic carbocycles. The van der Waals surface area contributed by atoms with E-state index in [0.717, 1.165) is 28.4 Å². The van der Waals surface area contributed by atoms with Gasteiger partial charge in [-0.05, 0) is 37.0 Å². The Morgan fingerprint density at radius 2 is 2.11 bits per heavy atom. The second-order valence-corrected chi connectivity index (χ2v) is 6.15. The highest BCUT2D eigenvalue weighted by Gasteiger charge is 2.23. The third-order valence-electron chi connectivity index (χ3n) is 3.42. The van der Waals surface area contributed by atoms with Crippen molar-refractivity contribution in [1.29, 1.82) is 0 Å².